The van der Waals surface area contributed by atoms with Gasteiger partial charge in [-0.25, -0.2) is 14.4 Å². The number of esters is 1. The van der Waals surface area contributed by atoms with Gasteiger partial charge < -0.3 is 39.3 Å². The third-order valence-corrected chi connectivity index (χ3v) is 12.3. The molecule has 1 unspecified atom stereocenters. The van der Waals surface area contributed by atoms with Gasteiger partial charge in [-0.3, -0.25) is 4.68 Å². The van der Waals surface area contributed by atoms with Crippen molar-refractivity contribution in [3.8, 4) is 17.0 Å². The molecule has 294 valence electrons. The largest absolute Gasteiger partial charge is 0.490 e. The molecule has 2 aromatic rings. The van der Waals surface area contributed by atoms with Gasteiger partial charge in [0.25, 0.3) is 0 Å². The van der Waals surface area contributed by atoms with Crippen LogP contribution in [-0.2, 0) is 36.5 Å². The molecule has 1 heterocycles. The first-order valence-corrected chi connectivity index (χ1v) is 21.0. The lowest BCUT2D eigenvalue weighted by Gasteiger charge is -2.39. The fraction of sp³-hybridized carbons (Fsp3) is 0.684. The van der Waals surface area contributed by atoms with Crippen molar-refractivity contribution in [1.82, 2.24) is 25.7 Å². The topological polar surface area (TPSA) is 151 Å². The number of hydrogen-bond donors (Lipinski definition) is 3. The molecule has 0 aliphatic rings. The van der Waals surface area contributed by atoms with E-state index in [0.717, 1.165) is 17.0 Å². The molecule has 0 spiro atoms. The van der Waals surface area contributed by atoms with E-state index >= 15 is 0 Å². The summed E-state index contributed by atoms with van der Waals surface area (Å²) in [5.41, 5.74) is 0.793. The maximum atomic E-state index is 13.2. The van der Waals surface area contributed by atoms with Crippen LogP contribution in [0.2, 0.25) is 18.1 Å². The van der Waals surface area contributed by atoms with Crippen LogP contribution in [0.1, 0.15) is 95.2 Å². The summed E-state index contributed by atoms with van der Waals surface area (Å²) >= 11 is 0. The number of carbonyl (C=O) groups is 3. The first-order valence-electron chi connectivity index (χ1n) is 18.1. The third kappa shape index (κ3) is 16.8. The summed E-state index contributed by atoms with van der Waals surface area (Å²) in [6, 6.07) is 9.54. The molecule has 0 bridgehead atoms. The first kappa shape index (κ1) is 44.5. The summed E-state index contributed by atoms with van der Waals surface area (Å²) in [5, 5.41) is 13.7. The molecule has 0 saturated carbocycles. The first-order chi connectivity index (χ1) is 23.7. The Hall–Kier alpha value is -3.62. The molecule has 0 aliphatic heterocycles. The SMILES string of the molecule is CC(C)(C)OC(=O)NCCCn1nc(-c2ccc(OCC(O[Si](C)(C)C(C)(C)C)C(=O)OC(C)(C)C)cc2)cc1CNCCNC(=O)OC(C)(C)C. The van der Waals surface area contributed by atoms with Gasteiger partial charge in [0.15, 0.2) is 14.4 Å². The third-order valence-electron chi connectivity index (χ3n) is 7.82. The standard InChI is InChI=1S/C38H65N5O8Si/c1-35(2,3)48-32(44)31(51-52(13,14)38(10,11)12)26-47-29-18-16-27(17-19-29)30-24-28(25-39-21-22-41-34(46)50-37(7,8)9)43(42-30)23-15-20-40-33(45)49-36(4,5)6/h16-19,24,31,39H,15,20-23,25-26H2,1-14H3,(H,40,45)(H,41,46). The van der Waals surface area contributed by atoms with Crippen molar-refractivity contribution in [2.45, 2.75) is 144 Å². The Kier molecular flexibility index (Phi) is 15.8. The number of aryl methyl sites for hydroxylation is 1. The molecule has 0 saturated heterocycles. The van der Waals surface area contributed by atoms with E-state index in [1.165, 1.54) is 0 Å². The van der Waals surface area contributed by atoms with Crippen LogP contribution in [0, 0.1) is 0 Å². The molecule has 0 radical (unpaired) electrons. The number of nitrogens with one attached hydrogen (secondary N) is 3. The van der Waals surface area contributed by atoms with E-state index in [9.17, 15) is 14.4 Å². The number of aromatic nitrogens is 2. The molecule has 0 aliphatic carbocycles. The predicted octanol–water partition coefficient (Wildman–Crippen LogP) is 7.19. The van der Waals surface area contributed by atoms with Gasteiger partial charge >= 0.3 is 18.2 Å². The lowest BCUT2D eigenvalue weighted by atomic mass is 10.1. The van der Waals surface area contributed by atoms with Gasteiger partial charge in [-0.1, -0.05) is 20.8 Å². The maximum Gasteiger partial charge on any atom is 0.407 e. The molecule has 0 fully saturated rings. The number of alkyl carbamates (subject to hydrolysis) is 2. The van der Waals surface area contributed by atoms with Gasteiger partial charge in [-0.05, 0) is 117 Å². The van der Waals surface area contributed by atoms with Crippen LogP contribution >= 0.6 is 0 Å². The summed E-state index contributed by atoms with van der Waals surface area (Å²) in [6.07, 6.45) is -1.15. The molecule has 2 amide bonds. The van der Waals surface area contributed by atoms with E-state index in [-0.39, 0.29) is 11.6 Å². The summed E-state index contributed by atoms with van der Waals surface area (Å²) in [6.45, 7) is 29.4. The lowest BCUT2D eigenvalue weighted by Crippen LogP contribution is -2.49. The summed E-state index contributed by atoms with van der Waals surface area (Å²) in [7, 11) is -2.30. The number of ether oxygens (including phenoxy) is 4. The quantitative estimate of drug-likeness (QED) is 0.0697. The highest BCUT2D eigenvalue weighted by molar-refractivity contribution is 6.74. The van der Waals surface area contributed by atoms with Crippen LogP contribution in [0.5, 0.6) is 5.75 Å². The molecule has 13 nitrogen and oxygen atoms in total. The Bertz CT molecular complexity index is 1450. The second-order valence-corrected chi connectivity index (χ2v) is 22.1. The Labute approximate surface area is 312 Å². The second-order valence-electron chi connectivity index (χ2n) is 17.4. The average molecular weight is 748 g/mol. The number of nitrogens with zero attached hydrogens (tertiary/aromatic N) is 2. The van der Waals surface area contributed by atoms with Crippen molar-refractivity contribution < 1.29 is 37.8 Å². The van der Waals surface area contributed by atoms with E-state index in [2.05, 4.69) is 49.8 Å². The smallest absolute Gasteiger partial charge is 0.407 e. The van der Waals surface area contributed by atoms with Gasteiger partial charge in [0.1, 0.15) is 29.2 Å². The fourth-order valence-electron chi connectivity index (χ4n) is 4.39. The Morgan fingerprint density at radius 1 is 0.769 bits per heavy atom. The highest BCUT2D eigenvalue weighted by Crippen LogP contribution is 2.37. The normalized spacial score (nSPS) is 13.3. The predicted molar refractivity (Wildman–Crippen MR) is 206 cm³/mol. The van der Waals surface area contributed by atoms with Crippen molar-refractivity contribution in [2.24, 2.45) is 0 Å². The van der Waals surface area contributed by atoms with Gasteiger partial charge in [0.2, 0.25) is 0 Å². The summed E-state index contributed by atoms with van der Waals surface area (Å²) < 4.78 is 30.8. The van der Waals surface area contributed by atoms with Crippen molar-refractivity contribution in [2.75, 3.05) is 26.2 Å². The number of benzene rings is 1. The van der Waals surface area contributed by atoms with Gasteiger partial charge in [-0.15, -0.1) is 0 Å². The van der Waals surface area contributed by atoms with Gasteiger partial charge in [-0.2, -0.15) is 5.10 Å². The van der Waals surface area contributed by atoms with Gasteiger partial charge in [0.05, 0.1) is 11.4 Å². The zero-order valence-corrected chi connectivity index (χ0v) is 35.1. The minimum absolute atomic E-state index is 0.0192. The Morgan fingerprint density at radius 3 is 1.83 bits per heavy atom. The molecular formula is C38H65N5O8Si. The molecule has 1 aromatic heterocycles. The summed E-state index contributed by atoms with van der Waals surface area (Å²) in [5.74, 6) is 0.144. The maximum absolute atomic E-state index is 13.2. The molecule has 52 heavy (non-hydrogen) atoms. The van der Waals surface area contributed by atoms with Crippen molar-refractivity contribution in [3.63, 3.8) is 0 Å². The highest BCUT2D eigenvalue weighted by atomic mass is 28.4. The number of carbonyl (C=O) groups excluding carboxylic acids is 3. The van der Waals surface area contributed by atoms with Crippen LogP contribution in [0.4, 0.5) is 9.59 Å². The van der Waals surface area contributed by atoms with E-state index in [1.54, 1.807) is 0 Å². The number of amides is 2. The Balaban J connectivity index is 2.15. The summed E-state index contributed by atoms with van der Waals surface area (Å²) in [4.78, 5) is 37.3. The Morgan fingerprint density at radius 2 is 1.31 bits per heavy atom. The molecule has 14 heteroatoms. The van der Waals surface area contributed by atoms with E-state index in [4.69, 9.17) is 28.5 Å². The van der Waals surface area contributed by atoms with E-state index in [1.807, 2.05) is 97.3 Å². The minimum Gasteiger partial charge on any atom is -0.490 e. The number of hydrogen-bond acceptors (Lipinski definition) is 10. The second kappa shape index (κ2) is 18.4. The van der Waals surface area contributed by atoms with Crippen LogP contribution in [0.3, 0.4) is 0 Å². The zero-order chi connectivity index (χ0) is 39.5. The van der Waals surface area contributed by atoms with Crippen molar-refractivity contribution >= 4 is 26.5 Å². The van der Waals surface area contributed by atoms with E-state index < -0.39 is 49.4 Å². The monoisotopic (exact) mass is 747 g/mol. The van der Waals surface area contributed by atoms with Crippen LogP contribution < -0.4 is 20.7 Å². The average Bonchev–Trinajstić information content (AvgIpc) is 3.37. The van der Waals surface area contributed by atoms with E-state index in [0.29, 0.717) is 44.9 Å². The molecule has 2 rings (SSSR count). The van der Waals surface area contributed by atoms with Gasteiger partial charge in [0, 0.05) is 38.3 Å². The molecule has 3 N–H and O–H groups in total. The van der Waals surface area contributed by atoms with Crippen molar-refractivity contribution in [3.05, 3.63) is 36.0 Å². The molecule has 1 aromatic carbocycles. The zero-order valence-electron chi connectivity index (χ0n) is 34.1. The van der Waals surface area contributed by atoms with Crippen LogP contribution in [-0.4, -0.2) is 85.4 Å². The fourth-order valence-corrected chi connectivity index (χ4v) is 5.62. The van der Waals surface area contributed by atoms with Crippen molar-refractivity contribution in [1.29, 1.82) is 0 Å². The molecular weight excluding hydrogens is 683 g/mol. The highest BCUT2D eigenvalue weighted by Gasteiger charge is 2.42. The number of rotatable bonds is 16. The lowest BCUT2D eigenvalue weighted by molar-refractivity contribution is -0.165. The minimum atomic E-state index is -2.30. The van der Waals surface area contributed by atoms with Crippen LogP contribution in [0.25, 0.3) is 11.3 Å². The van der Waals surface area contributed by atoms with Crippen LogP contribution in [0.15, 0.2) is 30.3 Å². The molecule has 1 atom stereocenters.